The second-order valence-corrected chi connectivity index (χ2v) is 51.0. The van der Waals surface area contributed by atoms with Crippen LogP contribution in [0.5, 0.6) is 0 Å². The third-order valence-electron chi connectivity index (χ3n) is 17.3. The van der Waals surface area contributed by atoms with Crippen molar-refractivity contribution in [3.8, 4) is 11.4 Å². The number of Topliss-reactive ketones (excluding diaryl/α,β-unsaturated/α-hetero) is 3. The van der Waals surface area contributed by atoms with Gasteiger partial charge in [0.1, 0.15) is 12.2 Å². The molecule has 3 aliphatic heterocycles. The number of aromatic nitrogens is 3. The second kappa shape index (κ2) is 36.0. The molecule has 1 aliphatic carbocycles. The predicted octanol–water partition coefficient (Wildman–Crippen LogP) is 10.8. The molecule has 0 radical (unpaired) electrons. The summed E-state index contributed by atoms with van der Waals surface area (Å²) in [4.78, 5) is 121. The van der Waals surface area contributed by atoms with Crippen molar-refractivity contribution in [2.75, 3.05) is 5.73 Å². The number of ketones is 4. The Morgan fingerprint density at radius 2 is 1.21 bits per heavy atom. The van der Waals surface area contributed by atoms with Crippen molar-refractivity contribution in [1.29, 1.82) is 0 Å². The minimum absolute atomic E-state index is 0. The third kappa shape index (κ3) is 21.6. The van der Waals surface area contributed by atoms with Gasteiger partial charge in [-0.05, 0) is 79.8 Å². The quantitative estimate of drug-likeness (QED) is 0.00931. The first kappa shape index (κ1) is 86.5. The first-order chi connectivity index (χ1) is 46.6. The first-order valence-electron chi connectivity index (χ1n) is 33.4. The number of rotatable bonds is 16. The summed E-state index contributed by atoms with van der Waals surface area (Å²) in [6.07, 6.45) is 4.76. The van der Waals surface area contributed by atoms with Gasteiger partial charge in [-0.2, -0.15) is 0 Å². The van der Waals surface area contributed by atoms with Crippen molar-refractivity contribution in [2.45, 2.75) is 180 Å². The van der Waals surface area contributed by atoms with E-state index in [9.17, 15) is 68.8 Å². The Bertz CT molecular complexity index is 4490. The van der Waals surface area contributed by atoms with Crippen LogP contribution >= 0.6 is 0 Å². The molecule has 0 saturated carbocycles. The van der Waals surface area contributed by atoms with Crippen LogP contribution in [0.1, 0.15) is 121 Å². The molecule has 11 rings (SSSR count). The number of allylic oxidation sites excluding steroid dienone is 1. The molecular weight excluding hydrogens is 1440 g/mol. The number of nitrogen functional groups attached to an aromatic ring is 1. The molecule has 7 aromatic rings. The number of nitrogens with zero attached hydrogens (tertiary/aromatic N) is 5. The van der Waals surface area contributed by atoms with Gasteiger partial charge in [0, 0.05) is 101 Å². The molecule has 27 heteroatoms. The summed E-state index contributed by atoms with van der Waals surface area (Å²) in [5.74, 6) is -1.23. The van der Waals surface area contributed by atoms with Gasteiger partial charge in [0.05, 0.1) is 63.8 Å². The molecule has 538 valence electrons. The Balaban J connectivity index is 0.000000276. The van der Waals surface area contributed by atoms with Gasteiger partial charge >= 0.3 is 29.0 Å². The fraction of sp³-hybridized carbons (Fsp3) is 0.373. The average Bonchev–Trinajstić information content (AvgIpc) is 1.48. The predicted molar refractivity (Wildman–Crippen MR) is 408 cm³/mol. The number of carbonyl (C=O) groups is 6. The van der Waals surface area contributed by atoms with Crippen molar-refractivity contribution in [2.24, 2.45) is 0 Å². The van der Waals surface area contributed by atoms with E-state index in [1.807, 2.05) is 53.9 Å². The number of nitrogens with two attached hydrogens (primary N) is 1. The van der Waals surface area contributed by atoms with E-state index in [4.69, 9.17) is 22.0 Å². The van der Waals surface area contributed by atoms with Crippen LogP contribution in [0.15, 0.2) is 136 Å². The Morgan fingerprint density at radius 3 is 1.75 bits per heavy atom. The zero-order valence-electron chi connectivity index (χ0n) is 60.9. The summed E-state index contributed by atoms with van der Waals surface area (Å²) in [6.45, 7) is 36.2. The zero-order valence-corrected chi connectivity index (χ0v) is 67.9. The molecular formula is C75H93BrMgN6O15Si4. The van der Waals surface area contributed by atoms with Crippen LogP contribution < -0.4 is 33.8 Å². The number of benzene rings is 4. The van der Waals surface area contributed by atoms with Crippen LogP contribution in [0, 0.1) is 26.8 Å². The van der Waals surface area contributed by atoms with E-state index in [2.05, 4.69) is 84.6 Å². The van der Waals surface area contributed by atoms with E-state index in [1.165, 1.54) is 58.6 Å². The van der Waals surface area contributed by atoms with E-state index in [0.29, 0.717) is 54.6 Å². The van der Waals surface area contributed by atoms with Crippen molar-refractivity contribution >= 4 is 119 Å². The number of halogens is 1. The van der Waals surface area contributed by atoms with Crippen molar-refractivity contribution in [1.82, 2.24) is 14.1 Å². The standard InChI is InChI=1S/C26H30N2O3Si.C13H13NO5.C12H15NO3Si.C12H19NOSi.C7H5NO3.C5H11Si.BrH.Mg/c1-5-26(31)20-14-22-24-19(15-28(22)25(30)18(20)10-11-23(26)29)16(12-13-32(2,3)4)17-8-6-7-9-21(17)27-24;1-2-13(18)8-5-9-10(15)3-4-14(9)11(16)7(8)6-19-12(13)17;1-17(2,3)9-8-12(14)10-6-4-5-7-11(10)13(15)16;1-15(2,3)9-8-12(14)10-6-4-5-7-11(10)13;9-5-6-3-1-2-4-7(6)8(10)11;1-5-6(2,3)4;;/h6-9,14,31H,5,10-13,15H2,1-4H3;5,18H,2-4,6H2,1H3;4-9H,1-3H3;4-7H,8-9,13H2,1-3H3;1-5H;1,5H,2-4H3;1H;/q;;;;;-1;;+2/p-1/b;;9-8+;;;;;/t26-;13-;;;;;;/m00....../s1. The maximum Gasteiger partial charge on any atom is 2.00 e. The molecule has 102 heavy (non-hydrogen) atoms. The largest absolute Gasteiger partial charge is 2.00 e. The SMILES string of the molecule is CC[C@@]1(O)C(=O)CCc2c1cc1n(c2=O)Cc2c-1nc1ccccc1c2CC[Si](C)(C)C.CC[C@@]1(O)C(=O)OCc2c1cc1n(c2=O)CCC1=O.C[Si](C)(C)/C=C/C(=O)c1ccccc1[N+](=O)[O-].C[Si](C)(C)CCC(=O)c1ccccc1N.O=Cc1ccccc1[N+](=O)[O-].[Br-].[CH-]=C[Si](C)(C)C.[Mg+2]. The van der Waals surface area contributed by atoms with E-state index in [1.54, 1.807) is 42.7 Å². The Hall–Kier alpha value is -7.88. The zero-order chi connectivity index (χ0) is 74.6. The van der Waals surface area contributed by atoms with Crippen molar-refractivity contribution in [3.05, 3.63) is 230 Å². The molecule has 4 aliphatic rings. The molecule has 4 aromatic carbocycles. The fourth-order valence-electron chi connectivity index (χ4n) is 11.4. The number of aliphatic hydroxyl groups is 2. The summed E-state index contributed by atoms with van der Waals surface area (Å²) in [5, 5.41) is 43.8. The number of hydrogen-bond donors (Lipinski definition) is 3. The monoisotopic (exact) mass is 1530 g/mol. The van der Waals surface area contributed by atoms with E-state index >= 15 is 0 Å². The van der Waals surface area contributed by atoms with Gasteiger partial charge < -0.3 is 53.4 Å². The molecule has 0 bridgehead atoms. The number of aldehydes is 1. The number of para-hydroxylation sites is 4. The minimum atomic E-state index is -1.83. The van der Waals surface area contributed by atoms with E-state index in [-0.39, 0.29) is 146 Å². The molecule has 0 unspecified atom stereocenters. The topological polar surface area (TPSA) is 321 Å². The number of esters is 1. The molecule has 3 aromatic heterocycles. The van der Waals surface area contributed by atoms with Crippen molar-refractivity contribution in [3.63, 3.8) is 0 Å². The summed E-state index contributed by atoms with van der Waals surface area (Å²) >= 11 is 0. The third-order valence-corrected chi connectivity index (χ3v) is 23.0. The number of hydrogen-bond acceptors (Lipinski definition) is 17. The number of ether oxygens (including phenoxy) is 1. The summed E-state index contributed by atoms with van der Waals surface area (Å²) in [7, 11) is -4.84. The Kier molecular flexibility index (Phi) is 30.6. The second-order valence-electron chi connectivity index (χ2n) is 29.7. The normalized spacial score (nSPS) is 16.1. The van der Waals surface area contributed by atoms with Crippen LogP contribution in [0.2, 0.25) is 90.7 Å². The number of pyridine rings is 3. The number of cyclic esters (lactones) is 1. The summed E-state index contributed by atoms with van der Waals surface area (Å²) in [5.41, 5.74) is 13.6. The average molecular weight is 1540 g/mol. The number of fused-ring (bicyclic) bond motifs is 7. The van der Waals surface area contributed by atoms with Crippen LogP contribution in [-0.4, -0.2) is 125 Å². The molecule has 6 heterocycles. The van der Waals surface area contributed by atoms with Crippen LogP contribution in [0.25, 0.3) is 22.3 Å². The maximum absolute atomic E-state index is 13.5. The molecule has 21 nitrogen and oxygen atoms in total. The van der Waals surface area contributed by atoms with E-state index in [0.717, 1.165) is 40.3 Å². The van der Waals surface area contributed by atoms with Crippen LogP contribution in [0.3, 0.4) is 0 Å². The minimum Gasteiger partial charge on any atom is -1.00 e. The molecule has 2 atom stereocenters. The summed E-state index contributed by atoms with van der Waals surface area (Å²) < 4.78 is 8.08. The van der Waals surface area contributed by atoms with Crippen LogP contribution in [-0.2, 0) is 58.1 Å². The van der Waals surface area contributed by atoms with Gasteiger partial charge in [0.25, 0.3) is 22.5 Å². The maximum atomic E-state index is 13.5. The van der Waals surface area contributed by atoms with Crippen molar-refractivity contribution < 1.29 is 70.5 Å². The Morgan fingerprint density at radius 1 is 0.676 bits per heavy atom. The van der Waals surface area contributed by atoms with Gasteiger partial charge in [0.15, 0.2) is 35.0 Å². The van der Waals surface area contributed by atoms with Gasteiger partial charge in [-0.15, -0.1) is 0 Å². The van der Waals surface area contributed by atoms with Gasteiger partial charge in [-0.3, -0.25) is 59.5 Å². The summed E-state index contributed by atoms with van der Waals surface area (Å²) in [6, 6.07) is 32.8. The number of anilines is 1. The molecule has 0 amide bonds. The number of aryl methyl sites for hydroxylation is 1. The molecule has 0 spiro atoms. The number of nitro benzene ring substituents is 2. The number of nitro groups is 2. The fourth-order valence-corrected chi connectivity index (χ4v) is 14.0. The molecule has 4 N–H and O–H groups in total. The van der Waals surface area contributed by atoms with Gasteiger partial charge in [-0.1, -0.05) is 165 Å². The number of carbonyl (C=O) groups excluding carboxylic acids is 6. The molecule has 0 fully saturated rings. The smallest absolute Gasteiger partial charge is 1.00 e. The van der Waals surface area contributed by atoms with Crippen LogP contribution in [0.4, 0.5) is 17.1 Å². The van der Waals surface area contributed by atoms with Gasteiger partial charge in [0.2, 0.25) is 0 Å². The van der Waals surface area contributed by atoms with Gasteiger partial charge in [-0.25, -0.2) is 9.78 Å². The Labute approximate surface area is 626 Å². The molecule has 0 saturated heterocycles. The van der Waals surface area contributed by atoms with E-state index < -0.39 is 59.3 Å². The first-order valence-corrected chi connectivity index (χ1v) is 48.0.